The van der Waals surface area contributed by atoms with Gasteiger partial charge in [0.2, 0.25) is 5.91 Å². The maximum absolute atomic E-state index is 12.5. The molecule has 1 amide bonds. The third kappa shape index (κ3) is 5.34. The molecule has 0 aliphatic heterocycles. The van der Waals surface area contributed by atoms with Crippen molar-refractivity contribution in [3.8, 4) is 0 Å². The van der Waals surface area contributed by atoms with Crippen LogP contribution in [-0.4, -0.2) is 29.7 Å². The van der Waals surface area contributed by atoms with E-state index in [0.717, 1.165) is 27.7 Å². The first kappa shape index (κ1) is 20.8. The van der Waals surface area contributed by atoms with E-state index in [4.69, 9.17) is 9.84 Å². The maximum atomic E-state index is 12.5. The molecule has 1 aromatic heterocycles. The van der Waals surface area contributed by atoms with Gasteiger partial charge in [-0.1, -0.05) is 49.4 Å². The highest BCUT2D eigenvalue weighted by Gasteiger charge is 2.17. The minimum atomic E-state index is -0.0825. The van der Waals surface area contributed by atoms with Gasteiger partial charge in [-0.2, -0.15) is 0 Å². The number of carbonyl (C=O) groups excluding carboxylic acids is 1. The molecule has 0 saturated heterocycles. The second-order valence-corrected chi connectivity index (χ2v) is 7.16. The van der Waals surface area contributed by atoms with E-state index < -0.39 is 0 Å². The first-order chi connectivity index (χ1) is 14.1. The predicted octanol–water partition coefficient (Wildman–Crippen LogP) is 4.61. The van der Waals surface area contributed by atoms with Gasteiger partial charge in [0.15, 0.2) is 0 Å². The highest BCUT2D eigenvalue weighted by Crippen LogP contribution is 2.27. The van der Waals surface area contributed by atoms with E-state index in [9.17, 15) is 4.79 Å². The Balaban J connectivity index is 1.62. The second-order valence-electron chi connectivity index (χ2n) is 7.16. The Hall–Kier alpha value is -2.89. The molecule has 152 valence electrons. The summed E-state index contributed by atoms with van der Waals surface area (Å²) < 4.78 is 5.66. The quantitative estimate of drug-likeness (QED) is 0.466. The maximum Gasteiger partial charge on any atom is 0.228 e. The molecule has 2 atom stereocenters. The number of fused-ring (bicyclic) bond motifs is 1. The summed E-state index contributed by atoms with van der Waals surface area (Å²) in [5, 5.41) is 12.9. The van der Waals surface area contributed by atoms with Crippen LogP contribution in [0.15, 0.2) is 66.9 Å². The minimum absolute atomic E-state index is 0.0499. The second kappa shape index (κ2) is 10.0. The Morgan fingerprint density at radius 3 is 2.69 bits per heavy atom. The molecule has 0 spiro atoms. The van der Waals surface area contributed by atoms with Gasteiger partial charge in [0.25, 0.3) is 0 Å². The van der Waals surface area contributed by atoms with Gasteiger partial charge in [0.05, 0.1) is 12.5 Å². The molecule has 0 radical (unpaired) electrons. The summed E-state index contributed by atoms with van der Waals surface area (Å²) in [7, 11) is 1.69. The van der Waals surface area contributed by atoms with Gasteiger partial charge in [-0.05, 0) is 35.7 Å². The summed E-state index contributed by atoms with van der Waals surface area (Å²) in [5.41, 5.74) is 3.82. The van der Waals surface area contributed by atoms with Crippen LogP contribution < -0.4 is 5.32 Å². The normalized spacial score (nSPS) is 13.6. The molecule has 0 saturated carbocycles. The van der Waals surface area contributed by atoms with Crippen LogP contribution in [0.5, 0.6) is 0 Å². The van der Waals surface area contributed by atoms with E-state index in [2.05, 4.69) is 23.3 Å². The zero-order valence-corrected chi connectivity index (χ0v) is 16.9. The lowest BCUT2D eigenvalue weighted by Gasteiger charge is -2.21. The average molecular weight is 392 g/mol. The van der Waals surface area contributed by atoms with Gasteiger partial charge >= 0.3 is 0 Å². The van der Waals surface area contributed by atoms with Crippen molar-refractivity contribution in [2.24, 2.45) is 5.92 Å². The molecule has 0 fully saturated rings. The number of methoxy groups -OCH3 is 1. The zero-order chi connectivity index (χ0) is 20.6. The number of H-pyrrole nitrogens is 1. The van der Waals surface area contributed by atoms with Gasteiger partial charge in [-0.3, -0.25) is 4.79 Å². The van der Waals surface area contributed by atoms with Crippen molar-refractivity contribution in [1.29, 1.82) is 0 Å². The first-order valence-corrected chi connectivity index (χ1v) is 9.87. The standard InChI is InChI=1S/C24H28N2O3/c1-17(7-5-6-14-27)24(29-2)18-10-12-20(13-11-18)26-23(28)15-19-16-25-22-9-4-3-8-21(19)22/h3-5,7-13,16-17,24-25,27H,6,14-15H2,1-2H3,(H,26,28)/b7-5+/t17-,24+/m1/s1. The molecule has 5 heteroatoms. The SMILES string of the molecule is CO[C@H](c1ccc(NC(=O)Cc2c[nH]c3ccccc23)cc1)[C@H](C)/C=C/CCO. The fourth-order valence-corrected chi connectivity index (χ4v) is 3.55. The van der Waals surface area contributed by atoms with Crippen molar-refractivity contribution >= 4 is 22.5 Å². The highest BCUT2D eigenvalue weighted by molar-refractivity contribution is 5.95. The van der Waals surface area contributed by atoms with E-state index in [0.29, 0.717) is 12.8 Å². The van der Waals surface area contributed by atoms with E-state index >= 15 is 0 Å². The van der Waals surface area contributed by atoms with Crippen LogP contribution in [0.4, 0.5) is 5.69 Å². The summed E-state index contributed by atoms with van der Waals surface area (Å²) in [6.45, 7) is 2.23. The number of rotatable bonds is 9. The molecular formula is C24H28N2O3. The van der Waals surface area contributed by atoms with Crippen LogP contribution in [-0.2, 0) is 16.0 Å². The summed E-state index contributed by atoms with van der Waals surface area (Å²) in [5.74, 6) is 0.125. The van der Waals surface area contributed by atoms with Crippen molar-refractivity contribution in [2.75, 3.05) is 19.0 Å². The van der Waals surface area contributed by atoms with Crippen molar-refractivity contribution in [1.82, 2.24) is 4.98 Å². The lowest BCUT2D eigenvalue weighted by molar-refractivity contribution is -0.115. The van der Waals surface area contributed by atoms with Crippen molar-refractivity contribution < 1.29 is 14.6 Å². The molecule has 1 heterocycles. The summed E-state index contributed by atoms with van der Waals surface area (Å²) in [6.07, 6.45) is 6.79. The monoisotopic (exact) mass is 392 g/mol. The number of amides is 1. The van der Waals surface area contributed by atoms with Crippen molar-refractivity contribution in [3.05, 3.63) is 78.0 Å². The Morgan fingerprint density at radius 1 is 1.21 bits per heavy atom. The number of ether oxygens (including phenoxy) is 1. The highest BCUT2D eigenvalue weighted by atomic mass is 16.5. The van der Waals surface area contributed by atoms with Crippen molar-refractivity contribution in [2.45, 2.75) is 25.9 Å². The van der Waals surface area contributed by atoms with Crippen LogP contribution in [0.2, 0.25) is 0 Å². The summed E-state index contributed by atoms with van der Waals surface area (Å²) in [6, 6.07) is 15.7. The topological polar surface area (TPSA) is 74.3 Å². The van der Waals surface area contributed by atoms with Crippen LogP contribution in [0, 0.1) is 5.92 Å². The fourth-order valence-electron chi connectivity index (χ4n) is 3.55. The Labute approximate surface area is 171 Å². The zero-order valence-electron chi connectivity index (χ0n) is 16.9. The number of aliphatic hydroxyl groups is 1. The van der Waals surface area contributed by atoms with Gasteiger partial charge < -0.3 is 20.1 Å². The molecule has 3 rings (SSSR count). The molecule has 0 aliphatic carbocycles. The van der Waals surface area contributed by atoms with Crippen molar-refractivity contribution in [3.63, 3.8) is 0 Å². The smallest absolute Gasteiger partial charge is 0.228 e. The first-order valence-electron chi connectivity index (χ1n) is 9.87. The van der Waals surface area contributed by atoms with Gasteiger partial charge in [0.1, 0.15) is 0 Å². The fraction of sp³-hybridized carbons (Fsp3) is 0.292. The Kier molecular flexibility index (Phi) is 7.22. The number of carbonyl (C=O) groups is 1. The molecular weight excluding hydrogens is 364 g/mol. The van der Waals surface area contributed by atoms with Crippen LogP contribution >= 0.6 is 0 Å². The number of nitrogens with one attached hydrogen (secondary N) is 2. The molecule has 29 heavy (non-hydrogen) atoms. The number of para-hydroxylation sites is 1. The number of aromatic amines is 1. The van der Waals surface area contributed by atoms with E-state index in [1.807, 2.05) is 60.8 Å². The number of hydrogen-bond donors (Lipinski definition) is 3. The summed E-state index contributed by atoms with van der Waals surface area (Å²) in [4.78, 5) is 15.7. The third-order valence-corrected chi connectivity index (χ3v) is 5.02. The number of hydrogen-bond acceptors (Lipinski definition) is 3. The number of anilines is 1. The van der Waals surface area contributed by atoms with Gasteiger partial charge in [0, 0.05) is 42.4 Å². The van der Waals surface area contributed by atoms with E-state index in [1.54, 1.807) is 7.11 Å². The number of aliphatic hydroxyl groups excluding tert-OH is 1. The average Bonchev–Trinajstić information content (AvgIpc) is 3.13. The minimum Gasteiger partial charge on any atom is -0.396 e. The molecule has 0 unspecified atom stereocenters. The Morgan fingerprint density at radius 2 is 1.97 bits per heavy atom. The summed E-state index contributed by atoms with van der Waals surface area (Å²) >= 11 is 0. The predicted molar refractivity (Wildman–Crippen MR) is 117 cm³/mol. The lowest BCUT2D eigenvalue weighted by Crippen LogP contribution is -2.14. The molecule has 2 aromatic carbocycles. The largest absolute Gasteiger partial charge is 0.396 e. The van der Waals surface area contributed by atoms with Crippen LogP contribution in [0.1, 0.15) is 30.6 Å². The van der Waals surface area contributed by atoms with Gasteiger partial charge in [-0.25, -0.2) is 0 Å². The molecule has 0 bridgehead atoms. The number of aromatic nitrogens is 1. The van der Waals surface area contributed by atoms with Crippen LogP contribution in [0.3, 0.4) is 0 Å². The van der Waals surface area contributed by atoms with Crippen LogP contribution in [0.25, 0.3) is 10.9 Å². The van der Waals surface area contributed by atoms with E-state index in [-0.39, 0.29) is 24.5 Å². The van der Waals surface area contributed by atoms with E-state index in [1.165, 1.54) is 0 Å². The molecule has 5 nitrogen and oxygen atoms in total. The molecule has 3 aromatic rings. The lowest BCUT2D eigenvalue weighted by atomic mass is 9.96. The third-order valence-electron chi connectivity index (χ3n) is 5.02. The Bertz CT molecular complexity index is 960. The number of benzene rings is 2. The molecule has 0 aliphatic rings. The van der Waals surface area contributed by atoms with Gasteiger partial charge in [-0.15, -0.1) is 0 Å². The molecule has 3 N–H and O–H groups in total.